The predicted octanol–water partition coefficient (Wildman–Crippen LogP) is 9.25. The number of nitro groups is 1. The van der Waals surface area contributed by atoms with Crippen LogP contribution in [0.4, 0.5) is 50.9 Å². The average molecular weight is 1140 g/mol. The van der Waals surface area contributed by atoms with Crippen LogP contribution in [0.15, 0.2) is 36.4 Å². The summed E-state index contributed by atoms with van der Waals surface area (Å²) in [6.07, 6.45) is -13.1. The normalized spacial score (nSPS) is 16.7. The molecule has 3 atom stereocenters. The Hall–Kier alpha value is -7.68. The highest BCUT2D eigenvalue weighted by Crippen LogP contribution is 2.44. The monoisotopic (exact) mass is 1140 g/mol. The molecule has 0 bridgehead atoms. The number of fused-ring (bicyclic) bond motifs is 2. The van der Waals surface area contributed by atoms with Gasteiger partial charge in [-0.1, -0.05) is 26.2 Å². The van der Waals surface area contributed by atoms with Crippen molar-refractivity contribution in [3.05, 3.63) is 85.5 Å². The van der Waals surface area contributed by atoms with Gasteiger partial charge in [0.1, 0.15) is 11.5 Å². The number of ketones is 1. The fraction of sp³-hybridized carbons (Fsp3) is 0.510. The largest absolute Gasteiger partial charge is 0.483 e. The first-order valence-corrected chi connectivity index (χ1v) is 24.3. The third-order valence-electron chi connectivity index (χ3n) is 12.5. The minimum atomic E-state index is -5.01. The molecule has 1 saturated carbocycles. The van der Waals surface area contributed by atoms with Gasteiger partial charge in [-0.15, -0.1) is 0 Å². The minimum Gasteiger partial charge on any atom is -0.483 e. The van der Waals surface area contributed by atoms with Gasteiger partial charge in [0.2, 0.25) is 5.91 Å². The third kappa shape index (κ3) is 15.8. The summed E-state index contributed by atoms with van der Waals surface area (Å²) in [5, 5.41) is 13.7. The lowest BCUT2D eigenvalue weighted by atomic mass is 9.92. The molecular weight excluding hydrogens is 1080 g/mol. The molecular formula is C51H57F9N4O15. The second-order valence-corrected chi connectivity index (χ2v) is 18.2. The van der Waals surface area contributed by atoms with Gasteiger partial charge in [-0.25, -0.2) is 14.4 Å². The number of halogens is 9. The number of ether oxygens (including phenoxy) is 6. The van der Waals surface area contributed by atoms with Crippen LogP contribution in [0.5, 0.6) is 17.2 Å². The van der Waals surface area contributed by atoms with E-state index in [1.165, 1.54) is 18.7 Å². The summed E-state index contributed by atoms with van der Waals surface area (Å²) in [6.45, 7) is 9.51. The molecule has 434 valence electrons. The number of alkyl halides is 9. The molecule has 0 radical (unpaired) electrons. The van der Waals surface area contributed by atoms with Crippen molar-refractivity contribution in [1.29, 1.82) is 0 Å². The number of Topliss-reactive ketones (excluding diaryl/α,β-unsaturated/α-hetero) is 1. The van der Waals surface area contributed by atoms with Crippen molar-refractivity contribution in [3.63, 3.8) is 0 Å². The molecule has 3 aromatic carbocycles. The Bertz CT molecular complexity index is 2800. The zero-order chi connectivity index (χ0) is 59.6. The van der Waals surface area contributed by atoms with E-state index in [2.05, 4.69) is 19.5 Å². The number of amides is 3. The number of nitro benzene ring substituents is 1. The van der Waals surface area contributed by atoms with Gasteiger partial charge in [-0.3, -0.25) is 29.3 Å². The minimum absolute atomic E-state index is 0.0305. The van der Waals surface area contributed by atoms with Crippen LogP contribution in [-0.2, 0) is 58.3 Å². The van der Waals surface area contributed by atoms with Crippen LogP contribution in [0, 0.1) is 10.1 Å². The number of methoxy groups -OCH3 is 3. The number of carbonyl (C=O) groups excluding carboxylic acids is 7. The number of rotatable bonds is 13. The Morgan fingerprint density at radius 1 is 0.747 bits per heavy atom. The van der Waals surface area contributed by atoms with Crippen molar-refractivity contribution in [2.45, 2.75) is 135 Å². The highest BCUT2D eigenvalue weighted by molar-refractivity contribution is 6.04. The summed E-state index contributed by atoms with van der Waals surface area (Å²) in [4.78, 5) is 96.7. The standard InChI is InChI=1S/C25H34F3N3O4.C13H12F3NO7.C13H11F3O4/c1-5-22(32)29-11-12-30-20-13-18(24(34)31(15(2)3)17-9-7-6-8-10-17)19(25(26,27)28)14-21(20)35-16(4)23(30)33;1-6(11(18)22-2)24-10-5-8(13(14,15)16)7(12(19)23-3)4-9(10)17(20)21;1-6-10(17)4-7-3-8(12(18)19-2)9(13(14,15)16)5-11(7)20-6/h13-17H,5-12H2,1-4H3,(H,29,32);4-6H,1-3H3;3,5-6H,4H2,1-2H3/t16-;2*6-/m000/s1. The van der Waals surface area contributed by atoms with Gasteiger partial charge < -0.3 is 43.5 Å². The van der Waals surface area contributed by atoms with Crippen molar-refractivity contribution in [2.24, 2.45) is 0 Å². The summed E-state index contributed by atoms with van der Waals surface area (Å²) in [7, 11) is 2.84. The number of anilines is 1. The first-order valence-electron chi connectivity index (χ1n) is 24.3. The van der Waals surface area contributed by atoms with Crippen molar-refractivity contribution < 1.29 is 106 Å². The van der Waals surface area contributed by atoms with E-state index in [1.807, 2.05) is 0 Å². The Balaban J connectivity index is 0.000000268. The van der Waals surface area contributed by atoms with Crippen LogP contribution < -0.4 is 24.4 Å². The maximum atomic E-state index is 14.1. The Morgan fingerprint density at radius 2 is 1.27 bits per heavy atom. The van der Waals surface area contributed by atoms with E-state index in [0.717, 1.165) is 84.6 Å². The zero-order valence-corrected chi connectivity index (χ0v) is 44.1. The molecule has 6 rings (SSSR count). The lowest BCUT2D eigenvalue weighted by Gasteiger charge is -2.39. The maximum Gasteiger partial charge on any atom is 0.417 e. The molecule has 3 aliphatic rings. The maximum absolute atomic E-state index is 14.1. The summed E-state index contributed by atoms with van der Waals surface area (Å²) in [5.41, 5.74) is -6.45. The number of benzene rings is 3. The van der Waals surface area contributed by atoms with E-state index in [0.29, 0.717) is 6.07 Å². The predicted molar refractivity (Wildman–Crippen MR) is 258 cm³/mol. The fourth-order valence-corrected chi connectivity index (χ4v) is 8.54. The van der Waals surface area contributed by atoms with Gasteiger partial charge in [-0.2, -0.15) is 39.5 Å². The Kier molecular flexibility index (Phi) is 21.3. The number of esters is 3. The first kappa shape index (κ1) is 63.8. The van der Waals surface area contributed by atoms with Gasteiger partial charge in [0, 0.05) is 55.7 Å². The molecule has 2 aliphatic heterocycles. The Labute approximate surface area is 446 Å². The summed E-state index contributed by atoms with van der Waals surface area (Å²) >= 11 is 0. The molecule has 1 aliphatic carbocycles. The zero-order valence-electron chi connectivity index (χ0n) is 44.1. The van der Waals surface area contributed by atoms with Crippen LogP contribution in [0.25, 0.3) is 0 Å². The molecule has 1 fully saturated rings. The smallest absolute Gasteiger partial charge is 0.417 e. The molecule has 0 spiro atoms. The van der Waals surface area contributed by atoms with Gasteiger partial charge in [0.25, 0.3) is 11.8 Å². The van der Waals surface area contributed by atoms with Crippen LogP contribution in [0.1, 0.15) is 133 Å². The highest BCUT2D eigenvalue weighted by Gasteiger charge is 2.44. The number of carbonyl (C=O) groups is 7. The van der Waals surface area contributed by atoms with Crippen molar-refractivity contribution in [1.82, 2.24) is 10.2 Å². The number of nitrogens with zero attached hydrogens (tertiary/aromatic N) is 3. The van der Waals surface area contributed by atoms with E-state index in [4.69, 9.17) is 14.2 Å². The van der Waals surface area contributed by atoms with E-state index < -0.39 is 116 Å². The van der Waals surface area contributed by atoms with Crippen LogP contribution >= 0.6 is 0 Å². The molecule has 0 aromatic heterocycles. The van der Waals surface area contributed by atoms with Crippen LogP contribution in [0.3, 0.4) is 0 Å². The van der Waals surface area contributed by atoms with Crippen molar-refractivity contribution in [2.75, 3.05) is 39.3 Å². The second kappa shape index (κ2) is 26.3. The lowest BCUT2D eigenvalue weighted by Crippen LogP contribution is -2.48. The first-order chi connectivity index (χ1) is 36.7. The fourth-order valence-electron chi connectivity index (χ4n) is 8.54. The molecule has 2 heterocycles. The van der Waals surface area contributed by atoms with Gasteiger partial charge in [-0.05, 0) is 71.7 Å². The summed E-state index contributed by atoms with van der Waals surface area (Å²) in [6, 6.07) is 3.93. The molecule has 0 saturated heterocycles. The molecule has 0 unspecified atom stereocenters. The Morgan fingerprint density at radius 3 is 1.77 bits per heavy atom. The highest BCUT2D eigenvalue weighted by atomic mass is 19.4. The third-order valence-corrected chi connectivity index (χ3v) is 12.5. The van der Waals surface area contributed by atoms with Gasteiger partial charge >= 0.3 is 42.1 Å². The summed E-state index contributed by atoms with van der Waals surface area (Å²) in [5.74, 6) is -6.05. The summed E-state index contributed by atoms with van der Waals surface area (Å²) < 4.78 is 149. The van der Waals surface area contributed by atoms with E-state index in [9.17, 15) is 83.2 Å². The molecule has 3 amide bonds. The van der Waals surface area contributed by atoms with Gasteiger partial charge in [0.15, 0.2) is 29.8 Å². The molecule has 1 N–H and O–H groups in total. The van der Waals surface area contributed by atoms with Gasteiger partial charge in [0.05, 0.1) is 65.3 Å². The van der Waals surface area contributed by atoms with Crippen LogP contribution in [-0.4, -0.2) is 116 Å². The lowest BCUT2D eigenvalue weighted by molar-refractivity contribution is -0.386. The molecule has 79 heavy (non-hydrogen) atoms. The van der Waals surface area contributed by atoms with E-state index in [-0.39, 0.29) is 78.5 Å². The SMILES string of the molecule is CCC(=O)NCCN1C(=O)[C@H](C)Oc2cc(C(F)(F)F)c(C(=O)N(C(C)C)C3CCCCC3)cc21.COC(=O)c1cc([N+](=O)[O-])c(O[C@@H](C)C(=O)OC)cc1C(F)(F)F.COC(=O)c1cc2c(cc1C(F)(F)F)O[C@@H](C)C(=O)C2. The molecule has 28 heteroatoms. The molecule has 3 aromatic rings. The molecule has 19 nitrogen and oxygen atoms in total. The topological polar surface area (TPSA) is 237 Å². The quantitative estimate of drug-likeness (QED) is 0.0552. The van der Waals surface area contributed by atoms with Crippen LogP contribution in [0.2, 0.25) is 0 Å². The number of hydrogen-bond acceptors (Lipinski definition) is 15. The second-order valence-electron chi connectivity index (χ2n) is 18.2. The van der Waals surface area contributed by atoms with Crippen molar-refractivity contribution in [3.8, 4) is 17.2 Å². The average Bonchev–Trinajstić information content (AvgIpc) is 3.39. The van der Waals surface area contributed by atoms with E-state index >= 15 is 0 Å². The number of hydrogen-bond donors (Lipinski definition) is 1. The van der Waals surface area contributed by atoms with Crippen molar-refractivity contribution >= 4 is 52.8 Å². The van der Waals surface area contributed by atoms with E-state index in [1.54, 1.807) is 25.7 Å². The number of nitrogens with one attached hydrogen (secondary N) is 1.